The number of rotatable bonds is 6. The Labute approximate surface area is 178 Å². The lowest BCUT2D eigenvalue weighted by Crippen LogP contribution is -2.29. The third kappa shape index (κ3) is 5.30. The van der Waals surface area contributed by atoms with Crippen molar-refractivity contribution in [2.75, 3.05) is 4.72 Å². The van der Waals surface area contributed by atoms with Crippen LogP contribution in [0.3, 0.4) is 0 Å². The van der Waals surface area contributed by atoms with E-state index in [1.54, 1.807) is 12.1 Å². The lowest BCUT2D eigenvalue weighted by Gasteiger charge is -2.08. The number of carbonyl (C=O) groups is 1. The fourth-order valence-corrected chi connectivity index (χ4v) is 3.63. The number of halogens is 1. The zero-order valence-corrected chi connectivity index (χ0v) is 17.5. The summed E-state index contributed by atoms with van der Waals surface area (Å²) in [4.78, 5) is 38.3. The van der Waals surface area contributed by atoms with Gasteiger partial charge >= 0.3 is 5.69 Å². The topological polar surface area (TPSA) is 153 Å². The van der Waals surface area contributed by atoms with Gasteiger partial charge in [0.25, 0.3) is 21.5 Å². The zero-order valence-electron chi connectivity index (χ0n) is 15.0. The van der Waals surface area contributed by atoms with Gasteiger partial charge in [-0.25, -0.2) is 18.6 Å². The van der Waals surface area contributed by atoms with Gasteiger partial charge in [-0.05, 0) is 35.9 Å². The Morgan fingerprint density at radius 1 is 1.10 bits per heavy atom. The molecule has 0 aliphatic carbocycles. The molecule has 0 atom stereocenters. The van der Waals surface area contributed by atoms with Crippen molar-refractivity contribution in [3.63, 3.8) is 0 Å². The standard InChI is InChI=1S/C18H14BrN5O5S/c19-13-6-4-11(5-7-13)9-21-23-16(25)12-2-1-3-14(8-12)24-30(28,29)15-10-20-18(27)22-17(15)26/h1-10,24H,(H,23,25)(H2,20,22,26,27)/b21-9+. The van der Waals surface area contributed by atoms with E-state index in [1.165, 1.54) is 30.5 Å². The fourth-order valence-electron chi connectivity index (χ4n) is 2.31. The summed E-state index contributed by atoms with van der Waals surface area (Å²) in [6.07, 6.45) is 2.25. The Morgan fingerprint density at radius 3 is 2.53 bits per heavy atom. The molecule has 0 aliphatic rings. The monoisotopic (exact) mass is 491 g/mol. The number of H-pyrrole nitrogens is 2. The van der Waals surface area contributed by atoms with Crippen LogP contribution in [0.4, 0.5) is 5.69 Å². The van der Waals surface area contributed by atoms with Crippen molar-refractivity contribution >= 4 is 43.8 Å². The molecule has 0 fully saturated rings. The van der Waals surface area contributed by atoms with Crippen molar-refractivity contribution in [1.82, 2.24) is 15.4 Å². The largest absolute Gasteiger partial charge is 0.325 e. The van der Waals surface area contributed by atoms with Crippen molar-refractivity contribution in [3.8, 4) is 0 Å². The van der Waals surface area contributed by atoms with E-state index in [2.05, 4.69) is 36.2 Å². The Hall–Kier alpha value is -3.51. The molecule has 1 amide bonds. The molecule has 3 aromatic rings. The quantitative estimate of drug-likeness (QED) is 0.303. The lowest BCUT2D eigenvalue weighted by atomic mass is 10.2. The summed E-state index contributed by atoms with van der Waals surface area (Å²) in [5.41, 5.74) is 1.40. The second-order valence-electron chi connectivity index (χ2n) is 5.87. The number of anilines is 1. The van der Waals surface area contributed by atoms with E-state index in [0.29, 0.717) is 0 Å². The van der Waals surface area contributed by atoms with E-state index < -0.39 is 32.1 Å². The second-order valence-corrected chi connectivity index (χ2v) is 8.44. The van der Waals surface area contributed by atoms with Gasteiger partial charge in [0.05, 0.1) is 6.21 Å². The van der Waals surface area contributed by atoms with Crippen LogP contribution in [0, 0.1) is 0 Å². The minimum Gasteiger partial charge on any atom is -0.313 e. The van der Waals surface area contributed by atoms with Crippen LogP contribution >= 0.6 is 15.9 Å². The maximum absolute atomic E-state index is 12.4. The molecule has 0 aliphatic heterocycles. The first-order valence-electron chi connectivity index (χ1n) is 8.28. The van der Waals surface area contributed by atoms with Crippen LogP contribution in [0.2, 0.25) is 0 Å². The zero-order chi connectivity index (χ0) is 21.7. The molecule has 0 saturated heterocycles. The molecule has 1 heterocycles. The average Bonchev–Trinajstić information content (AvgIpc) is 2.69. The summed E-state index contributed by atoms with van der Waals surface area (Å²) < 4.78 is 27.9. The van der Waals surface area contributed by atoms with E-state index in [0.717, 1.165) is 16.2 Å². The molecule has 2 aromatic carbocycles. The van der Waals surface area contributed by atoms with E-state index in [1.807, 2.05) is 17.1 Å². The number of nitrogens with one attached hydrogen (secondary N) is 4. The molecule has 3 rings (SSSR count). The highest BCUT2D eigenvalue weighted by Gasteiger charge is 2.19. The number of amides is 1. The van der Waals surface area contributed by atoms with Gasteiger partial charge in [0.2, 0.25) is 0 Å². The van der Waals surface area contributed by atoms with Crippen molar-refractivity contribution in [2.24, 2.45) is 5.10 Å². The predicted molar refractivity (Wildman–Crippen MR) is 114 cm³/mol. The average molecular weight is 492 g/mol. The molecular formula is C18H14BrN5O5S. The summed E-state index contributed by atoms with van der Waals surface area (Å²) in [6, 6.07) is 12.9. The Kier molecular flexibility index (Phi) is 6.28. The summed E-state index contributed by atoms with van der Waals surface area (Å²) in [5.74, 6) is -0.564. The Balaban J connectivity index is 1.73. The van der Waals surface area contributed by atoms with E-state index in [9.17, 15) is 22.8 Å². The van der Waals surface area contributed by atoms with Crippen LogP contribution in [-0.2, 0) is 10.0 Å². The summed E-state index contributed by atoms with van der Waals surface area (Å²) in [7, 11) is -4.29. The van der Waals surface area contributed by atoms with Gasteiger partial charge in [-0.1, -0.05) is 34.1 Å². The number of nitrogens with zero attached hydrogens (tertiary/aromatic N) is 1. The molecule has 0 saturated carbocycles. The molecule has 4 N–H and O–H groups in total. The number of sulfonamides is 1. The van der Waals surface area contributed by atoms with Crippen LogP contribution in [0.15, 0.2) is 78.8 Å². The fraction of sp³-hybridized carbons (Fsp3) is 0. The summed E-state index contributed by atoms with van der Waals surface area (Å²) >= 11 is 3.32. The molecule has 10 nitrogen and oxygen atoms in total. The number of hydrogen-bond acceptors (Lipinski definition) is 6. The van der Waals surface area contributed by atoms with Gasteiger partial charge in [0, 0.05) is 21.9 Å². The van der Waals surface area contributed by atoms with Gasteiger partial charge < -0.3 is 4.98 Å². The van der Waals surface area contributed by atoms with Gasteiger partial charge in [0.15, 0.2) is 4.90 Å². The summed E-state index contributed by atoms with van der Waals surface area (Å²) in [6.45, 7) is 0. The molecule has 0 spiro atoms. The van der Waals surface area contributed by atoms with E-state index >= 15 is 0 Å². The number of benzene rings is 2. The predicted octanol–water partition coefficient (Wildman–Crippen LogP) is 1.39. The van der Waals surface area contributed by atoms with Crippen LogP contribution in [-0.4, -0.2) is 30.5 Å². The van der Waals surface area contributed by atoms with Gasteiger partial charge in [-0.2, -0.15) is 5.10 Å². The minimum atomic E-state index is -4.29. The molecule has 0 radical (unpaired) electrons. The molecule has 12 heteroatoms. The normalized spacial score (nSPS) is 11.4. The third-order valence-electron chi connectivity index (χ3n) is 3.70. The van der Waals surface area contributed by atoms with Crippen LogP contribution in [0.5, 0.6) is 0 Å². The minimum absolute atomic E-state index is 0.0464. The van der Waals surface area contributed by atoms with Crippen molar-refractivity contribution in [3.05, 3.63) is 91.2 Å². The van der Waals surface area contributed by atoms with Gasteiger partial charge in [0.1, 0.15) is 0 Å². The molecule has 1 aromatic heterocycles. The van der Waals surface area contributed by atoms with Crippen molar-refractivity contribution in [2.45, 2.75) is 4.90 Å². The van der Waals surface area contributed by atoms with E-state index in [-0.39, 0.29) is 11.3 Å². The number of carbonyl (C=O) groups excluding carboxylic acids is 1. The second kappa shape index (κ2) is 8.88. The van der Waals surface area contributed by atoms with E-state index in [4.69, 9.17) is 0 Å². The summed E-state index contributed by atoms with van der Waals surface area (Å²) in [5, 5.41) is 3.86. The highest BCUT2D eigenvalue weighted by Crippen LogP contribution is 2.15. The Bertz CT molecular complexity index is 1330. The molecule has 0 unspecified atom stereocenters. The number of hydrogen-bond donors (Lipinski definition) is 4. The van der Waals surface area contributed by atoms with Crippen molar-refractivity contribution < 1.29 is 13.2 Å². The maximum Gasteiger partial charge on any atom is 0.325 e. The third-order valence-corrected chi connectivity index (χ3v) is 5.62. The van der Waals surface area contributed by atoms with Crippen molar-refractivity contribution in [1.29, 1.82) is 0 Å². The molecule has 30 heavy (non-hydrogen) atoms. The molecular weight excluding hydrogens is 478 g/mol. The Morgan fingerprint density at radius 2 is 1.83 bits per heavy atom. The maximum atomic E-state index is 12.4. The van der Waals surface area contributed by atoms with Gasteiger partial charge in [-0.3, -0.25) is 19.3 Å². The SMILES string of the molecule is O=C(N/N=C/c1ccc(Br)cc1)c1cccc(NS(=O)(=O)c2c[nH]c(=O)[nH]c2=O)c1. The molecule has 0 bridgehead atoms. The van der Waals surface area contributed by atoms with Crippen LogP contribution < -0.4 is 21.4 Å². The first-order chi connectivity index (χ1) is 14.2. The van der Waals surface area contributed by atoms with Crippen LogP contribution in [0.25, 0.3) is 0 Å². The lowest BCUT2D eigenvalue weighted by molar-refractivity contribution is 0.0955. The number of aromatic nitrogens is 2. The van der Waals surface area contributed by atoms with Gasteiger partial charge in [-0.15, -0.1) is 0 Å². The first-order valence-corrected chi connectivity index (χ1v) is 10.6. The number of hydrazone groups is 1. The highest BCUT2D eigenvalue weighted by molar-refractivity contribution is 9.10. The van der Waals surface area contributed by atoms with Crippen LogP contribution in [0.1, 0.15) is 15.9 Å². The number of aromatic amines is 2. The first kappa shape index (κ1) is 21.2. The molecule has 154 valence electrons. The highest BCUT2D eigenvalue weighted by atomic mass is 79.9. The smallest absolute Gasteiger partial charge is 0.313 e.